The summed E-state index contributed by atoms with van der Waals surface area (Å²) in [6.07, 6.45) is 0. The average Bonchev–Trinajstić information content (AvgIpc) is 3.13. The molecule has 2 atom stereocenters. The maximum atomic E-state index is 14.5. The van der Waals surface area contributed by atoms with Crippen molar-refractivity contribution in [3.05, 3.63) is 81.8 Å². The van der Waals surface area contributed by atoms with Crippen LogP contribution in [0.15, 0.2) is 65.6 Å². The van der Waals surface area contributed by atoms with Gasteiger partial charge in [0.05, 0.1) is 21.3 Å². The van der Waals surface area contributed by atoms with Gasteiger partial charge in [0.1, 0.15) is 16.4 Å². The Kier molecular flexibility index (Phi) is 6.39. The highest BCUT2D eigenvalue weighted by Crippen LogP contribution is 2.57. The Morgan fingerprint density at radius 1 is 0.943 bits per heavy atom. The van der Waals surface area contributed by atoms with Gasteiger partial charge in [0.15, 0.2) is 5.60 Å². The van der Waals surface area contributed by atoms with E-state index in [1.165, 1.54) is 62.8 Å². The molecule has 0 aliphatic carbocycles. The van der Waals surface area contributed by atoms with Gasteiger partial charge in [-0.3, -0.25) is 0 Å². The van der Waals surface area contributed by atoms with Crippen molar-refractivity contribution in [1.82, 2.24) is 0 Å². The van der Waals surface area contributed by atoms with Crippen LogP contribution in [-0.2, 0) is 25.0 Å². The molecule has 0 spiro atoms. The number of anilines is 1. The normalized spacial score (nSPS) is 21.1. The lowest BCUT2D eigenvalue weighted by molar-refractivity contribution is -0.148. The third-order valence-electron chi connectivity index (χ3n) is 5.99. The van der Waals surface area contributed by atoms with Crippen molar-refractivity contribution in [3.63, 3.8) is 0 Å². The van der Waals surface area contributed by atoms with Gasteiger partial charge in [0, 0.05) is 32.9 Å². The van der Waals surface area contributed by atoms with Crippen molar-refractivity contribution in [2.75, 3.05) is 26.6 Å². The number of hydrogen-bond acceptors (Lipinski definition) is 8. The standard InChI is InChI=1S/C24H21Cl2NO7S/c1-32-15-9-11-20(33-2)21(13-15)35(30,31)24(22(28)34-3)23(29,16-6-4-5-7-18(16)26)17-12-14(25)8-10-19(17)27-24/h4-13,27,29H,1-3H3. The Morgan fingerprint density at radius 2 is 1.66 bits per heavy atom. The smallest absolute Gasteiger partial charge is 0.351 e. The predicted octanol–water partition coefficient (Wildman–Crippen LogP) is 4.02. The molecule has 11 heteroatoms. The topological polar surface area (TPSA) is 111 Å². The lowest BCUT2D eigenvalue weighted by Crippen LogP contribution is -2.64. The first-order chi connectivity index (χ1) is 16.6. The second kappa shape index (κ2) is 8.91. The number of nitrogens with one attached hydrogen (secondary N) is 1. The summed E-state index contributed by atoms with van der Waals surface area (Å²) in [6, 6.07) is 14.5. The summed E-state index contributed by atoms with van der Waals surface area (Å²) in [5, 5.41) is 15.4. The summed E-state index contributed by atoms with van der Waals surface area (Å²) in [6.45, 7) is 0. The van der Waals surface area contributed by atoms with E-state index in [9.17, 15) is 18.3 Å². The summed E-state index contributed by atoms with van der Waals surface area (Å²) < 4.78 is 44.6. The molecule has 35 heavy (non-hydrogen) atoms. The Labute approximate surface area is 212 Å². The van der Waals surface area contributed by atoms with Gasteiger partial charge in [-0.25, -0.2) is 13.2 Å². The maximum absolute atomic E-state index is 14.5. The molecule has 2 unspecified atom stereocenters. The van der Waals surface area contributed by atoms with Crippen LogP contribution in [0.4, 0.5) is 5.69 Å². The minimum Gasteiger partial charge on any atom is -0.497 e. The van der Waals surface area contributed by atoms with E-state index < -0.39 is 31.2 Å². The van der Waals surface area contributed by atoms with Crippen molar-refractivity contribution in [2.45, 2.75) is 15.4 Å². The van der Waals surface area contributed by atoms with Crippen molar-refractivity contribution < 1.29 is 32.5 Å². The number of rotatable bonds is 6. The number of methoxy groups -OCH3 is 3. The highest BCUT2D eigenvalue weighted by atomic mass is 35.5. The summed E-state index contributed by atoms with van der Waals surface area (Å²) in [4.78, 5) is 10.3. The fourth-order valence-corrected chi connectivity index (χ4v) is 6.97. The quantitative estimate of drug-likeness (QED) is 0.453. The Balaban J connectivity index is 2.18. The number of carbonyl (C=O) groups excluding carboxylic acids is 1. The van der Waals surface area contributed by atoms with Crippen molar-refractivity contribution >= 4 is 44.7 Å². The second-order valence-electron chi connectivity index (χ2n) is 7.70. The van der Waals surface area contributed by atoms with Gasteiger partial charge in [-0.1, -0.05) is 41.4 Å². The second-order valence-corrected chi connectivity index (χ2v) is 10.6. The van der Waals surface area contributed by atoms with Crippen molar-refractivity contribution in [1.29, 1.82) is 0 Å². The van der Waals surface area contributed by atoms with E-state index in [4.69, 9.17) is 37.4 Å². The lowest BCUT2D eigenvalue weighted by Gasteiger charge is -2.40. The highest BCUT2D eigenvalue weighted by molar-refractivity contribution is 7.94. The zero-order valence-electron chi connectivity index (χ0n) is 18.8. The molecule has 0 saturated carbocycles. The molecule has 0 fully saturated rings. The van der Waals surface area contributed by atoms with Crippen molar-refractivity contribution in [3.8, 4) is 11.5 Å². The molecule has 0 radical (unpaired) electrons. The number of sulfone groups is 1. The molecule has 4 rings (SSSR count). The van der Waals surface area contributed by atoms with Crippen LogP contribution in [-0.4, -0.2) is 45.7 Å². The molecule has 1 aliphatic rings. The minimum absolute atomic E-state index is 0.0192. The first kappa shape index (κ1) is 25.1. The molecule has 0 saturated heterocycles. The lowest BCUT2D eigenvalue weighted by atomic mass is 9.82. The van der Waals surface area contributed by atoms with Crippen LogP contribution in [0.5, 0.6) is 11.5 Å². The minimum atomic E-state index is -4.88. The van der Waals surface area contributed by atoms with E-state index in [0.717, 1.165) is 7.11 Å². The van der Waals surface area contributed by atoms with E-state index in [1.807, 2.05) is 0 Å². The third-order valence-corrected chi connectivity index (χ3v) is 8.82. The van der Waals surface area contributed by atoms with Gasteiger partial charge in [-0.15, -0.1) is 0 Å². The van der Waals surface area contributed by atoms with E-state index in [1.54, 1.807) is 12.1 Å². The molecule has 1 aliphatic heterocycles. The number of ether oxygens (including phenoxy) is 3. The number of halogens is 2. The summed E-state index contributed by atoms with van der Waals surface area (Å²) in [5.41, 5.74) is -2.46. The number of carbonyl (C=O) groups is 1. The average molecular weight is 538 g/mol. The largest absolute Gasteiger partial charge is 0.497 e. The third kappa shape index (κ3) is 3.45. The maximum Gasteiger partial charge on any atom is 0.351 e. The van der Waals surface area contributed by atoms with Crippen LogP contribution in [0, 0.1) is 0 Å². The first-order valence-electron chi connectivity index (χ1n) is 10.2. The molecular formula is C24H21Cl2NO7S. The SMILES string of the molecule is COC(=O)C1(S(=O)(=O)c2cc(OC)ccc2OC)Nc2ccc(Cl)cc2C1(O)c1ccccc1Cl. The molecule has 0 aromatic heterocycles. The molecule has 1 heterocycles. The zero-order valence-corrected chi connectivity index (χ0v) is 21.2. The van der Waals surface area contributed by atoms with E-state index in [0.29, 0.717) is 0 Å². The van der Waals surface area contributed by atoms with Crippen LogP contribution in [0.25, 0.3) is 0 Å². The van der Waals surface area contributed by atoms with Gasteiger partial charge < -0.3 is 24.6 Å². The highest BCUT2D eigenvalue weighted by Gasteiger charge is 2.72. The number of benzene rings is 3. The first-order valence-corrected chi connectivity index (χ1v) is 12.4. The van der Waals surface area contributed by atoms with E-state index >= 15 is 0 Å². The van der Waals surface area contributed by atoms with Gasteiger partial charge in [-0.05, 0) is 36.4 Å². The van der Waals surface area contributed by atoms with Crippen LogP contribution >= 0.6 is 23.2 Å². The van der Waals surface area contributed by atoms with Crippen LogP contribution in [0.3, 0.4) is 0 Å². The van der Waals surface area contributed by atoms with Crippen LogP contribution in [0.1, 0.15) is 11.1 Å². The fraction of sp³-hybridized carbons (Fsp3) is 0.208. The number of aliphatic hydroxyl groups is 1. The monoisotopic (exact) mass is 537 g/mol. The molecule has 184 valence electrons. The van der Waals surface area contributed by atoms with Gasteiger partial charge in [-0.2, -0.15) is 0 Å². The van der Waals surface area contributed by atoms with Crippen molar-refractivity contribution in [2.24, 2.45) is 0 Å². The van der Waals surface area contributed by atoms with Gasteiger partial charge in [0.2, 0.25) is 9.84 Å². The van der Waals surface area contributed by atoms with Crippen LogP contribution in [0.2, 0.25) is 10.0 Å². The number of hydrogen-bond donors (Lipinski definition) is 2. The van der Waals surface area contributed by atoms with E-state index in [-0.39, 0.29) is 38.4 Å². The molecule has 2 N–H and O–H groups in total. The summed E-state index contributed by atoms with van der Waals surface area (Å²) >= 11 is 12.7. The molecule has 0 bridgehead atoms. The Bertz CT molecular complexity index is 1430. The van der Waals surface area contributed by atoms with E-state index in [2.05, 4.69) is 5.32 Å². The summed E-state index contributed by atoms with van der Waals surface area (Å²) in [5.74, 6) is -1.17. The fourth-order valence-electron chi connectivity index (χ4n) is 4.36. The van der Waals surface area contributed by atoms with Gasteiger partial charge in [0.25, 0.3) is 4.87 Å². The Morgan fingerprint density at radius 3 is 2.29 bits per heavy atom. The molecule has 3 aromatic rings. The molecular weight excluding hydrogens is 517 g/mol. The molecule has 3 aromatic carbocycles. The zero-order chi connectivity index (χ0) is 25.6. The summed E-state index contributed by atoms with van der Waals surface area (Å²) in [7, 11) is -1.22. The number of esters is 1. The van der Waals surface area contributed by atoms with Crippen LogP contribution < -0.4 is 14.8 Å². The molecule has 8 nitrogen and oxygen atoms in total. The Hall–Kier alpha value is -2.98. The number of fused-ring (bicyclic) bond motifs is 1. The molecule has 0 amide bonds. The van der Waals surface area contributed by atoms with Gasteiger partial charge >= 0.3 is 5.97 Å². The predicted molar refractivity (Wildman–Crippen MR) is 131 cm³/mol.